The van der Waals surface area contributed by atoms with Crippen molar-refractivity contribution in [1.82, 2.24) is 9.80 Å². The first-order chi connectivity index (χ1) is 12.7. The molecular weight excluding hydrogens is 336 g/mol. The number of nitrogens with one attached hydrogen (secondary N) is 2. The van der Waals surface area contributed by atoms with Gasteiger partial charge in [-0.2, -0.15) is 0 Å². The quantitative estimate of drug-likeness (QED) is 0.741. The van der Waals surface area contributed by atoms with Gasteiger partial charge in [-0.3, -0.25) is 4.79 Å². The average molecular weight is 363 g/mol. The van der Waals surface area contributed by atoms with Gasteiger partial charge in [0.2, 0.25) is 0 Å². The van der Waals surface area contributed by atoms with Gasteiger partial charge in [0.05, 0.1) is 46.5 Å². The van der Waals surface area contributed by atoms with Gasteiger partial charge in [-0.15, -0.1) is 0 Å². The summed E-state index contributed by atoms with van der Waals surface area (Å²) in [4.78, 5) is 29.6. The molecule has 0 atom stereocenters. The third kappa shape index (κ3) is 4.86. The zero-order valence-electron chi connectivity index (χ0n) is 15.2. The molecule has 2 saturated heterocycles. The van der Waals surface area contributed by atoms with E-state index in [-0.39, 0.29) is 11.9 Å². The Morgan fingerprint density at radius 2 is 1.69 bits per heavy atom. The zero-order chi connectivity index (χ0) is 18.4. The van der Waals surface area contributed by atoms with Crippen LogP contribution in [-0.2, 0) is 9.53 Å². The molecule has 8 heteroatoms. The molecule has 0 aliphatic carbocycles. The van der Waals surface area contributed by atoms with Crippen LogP contribution in [-0.4, -0.2) is 87.9 Å². The number of ether oxygens (including phenoxy) is 2. The number of hydrogen-bond acceptors (Lipinski definition) is 4. The molecule has 2 aliphatic rings. The van der Waals surface area contributed by atoms with Crippen LogP contribution in [0, 0.1) is 0 Å². The number of morpholine rings is 1. The second-order valence-electron chi connectivity index (χ2n) is 6.57. The molecule has 2 aliphatic heterocycles. The Morgan fingerprint density at radius 3 is 2.31 bits per heavy atom. The number of nitrogens with zero attached hydrogens (tertiary/aromatic N) is 2. The van der Waals surface area contributed by atoms with Gasteiger partial charge in [0.15, 0.2) is 6.54 Å². The van der Waals surface area contributed by atoms with Crippen LogP contribution in [0.15, 0.2) is 24.3 Å². The summed E-state index contributed by atoms with van der Waals surface area (Å²) in [5.41, 5.74) is 0.760. The topological polar surface area (TPSA) is 75.5 Å². The van der Waals surface area contributed by atoms with Gasteiger partial charge >= 0.3 is 6.03 Å². The molecule has 8 nitrogen and oxygen atoms in total. The number of hydrogen-bond donors (Lipinski definition) is 2. The first-order valence-corrected chi connectivity index (χ1v) is 9.05. The van der Waals surface area contributed by atoms with Crippen molar-refractivity contribution in [3.8, 4) is 5.75 Å². The van der Waals surface area contributed by atoms with Crippen LogP contribution in [0.2, 0.25) is 0 Å². The molecule has 142 valence electrons. The molecule has 3 rings (SSSR count). The summed E-state index contributed by atoms with van der Waals surface area (Å²) < 4.78 is 10.4. The fourth-order valence-electron chi connectivity index (χ4n) is 3.25. The molecule has 2 fully saturated rings. The fourth-order valence-corrected chi connectivity index (χ4v) is 3.25. The van der Waals surface area contributed by atoms with Crippen LogP contribution in [0.5, 0.6) is 5.75 Å². The van der Waals surface area contributed by atoms with Crippen molar-refractivity contribution in [2.75, 3.05) is 71.5 Å². The summed E-state index contributed by atoms with van der Waals surface area (Å²) in [5, 5.41) is 2.91. The predicted octanol–water partition coefficient (Wildman–Crippen LogP) is -0.714. The summed E-state index contributed by atoms with van der Waals surface area (Å²) in [6, 6.07) is 7.38. The van der Waals surface area contributed by atoms with Crippen molar-refractivity contribution in [3.63, 3.8) is 0 Å². The van der Waals surface area contributed by atoms with E-state index in [0.717, 1.165) is 24.5 Å². The maximum atomic E-state index is 12.5. The van der Waals surface area contributed by atoms with Crippen LogP contribution in [0.4, 0.5) is 10.5 Å². The van der Waals surface area contributed by atoms with E-state index in [1.807, 2.05) is 34.1 Å². The lowest BCUT2D eigenvalue weighted by molar-refractivity contribution is -0.895. The van der Waals surface area contributed by atoms with Crippen LogP contribution in [0.1, 0.15) is 0 Å². The molecule has 1 aromatic rings. The Labute approximate surface area is 153 Å². The van der Waals surface area contributed by atoms with Gasteiger partial charge in [-0.05, 0) is 24.3 Å². The smallest absolute Gasteiger partial charge is 0.320 e. The molecule has 0 bridgehead atoms. The second kappa shape index (κ2) is 8.86. The zero-order valence-corrected chi connectivity index (χ0v) is 15.2. The van der Waals surface area contributed by atoms with E-state index < -0.39 is 0 Å². The number of piperazine rings is 1. The Kier molecular flexibility index (Phi) is 6.30. The monoisotopic (exact) mass is 363 g/mol. The van der Waals surface area contributed by atoms with Gasteiger partial charge < -0.3 is 29.5 Å². The summed E-state index contributed by atoms with van der Waals surface area (Å²) in [6.07, 6.45) is 0. The second-order valence-corrected chi connectivity index (χ2v) is 6.57. The highest BCUT2D eigenvalue weighted by Crippen LogP contribution is 2.14. The number of carbonyl (C=O) groups is 2. The molecule has 1 aromatic carbocycles. The molecular formula is C18H27N4O4+. The Hall–Kier alpha value is -2.32. The molecule has 2 heterocycles. The Bertz CT molecular complexity index is 608. The maximum Gasteiger partial charge on any atom is 0.320 e. The minimum absolute atomic E-state index is 0.0156. The van der Waals surface area contributed by atoms with E-state index in [4.69, 9.17) is 9.47 Å². The fraction of sp³-hybridized carbons (Fsp3) is 0.556. The average Bonchev–Trinajstić information content (AvgIpc) is 2.69. The molecule has 26 heavy (non-hydrogen) atoms. The lowest BCUT2D eigenvalue weighted by atomic mass is 10.3. The molecule has 0 radical (unpaired) electrons. The summed E-state index contributed by atoms with van der Waals surface area (Å²) in [6.45, 7) is 5.89. The normalized spacial score (nSPS) is 18.5. The lowest BCUT2D eigenvalue weighted by Crippen LogP contribution is -3.15. The summed E-state index contributed by atoms with van der Waals surface area (Å²) in [5.74, 6) is 0.743. The van der Waals surface area contributed by atoms with E-state index in [2.05, 4.69) is 5.32 Å². The van der Waals surface area contributed by atoms with Crippen LogP contribution < -0.4 is 15.0 Å². The van der Waals surface area contributed by atoms with Crippen LogP contribution >= 0.6 is 0 Å². The highest BCUT2D eigenvalue weighted by atomic mass is 16.5. The van der Waals surface area contributed by atoms with Crippen LogP contribution in [0.25, 0.3) is 0 Å². The van der Waals surface area contributed by atoms with E-state index in [1.54, 1.807) is 7.11 Å². The lowest BCUT2D eigenvalue weighted by Gasteiger charge is -2.36. The van der Waals surface area contributed by atoms with Gasteiger partial charge in [-0.1, -0.05) is 0 Å². The molecule has 0 saturated carbocycles. The standard InChI is InChI=1S/C18H26N4O4/c1-25-16-4-2-15(3-5-16)19-17(23)14-20-6-8-21(9-7-20)18(24)22-10-12-26-13-11-22/h2-5H,6-14H2,1H3,(H,19,23)/p+1. The van der Waals surface area contributed by atoms with E-state index in [9.17, 15) is 9.59 Å². The van der Waals surface area contributed by atoms with E-state index in [1.165, 1.54) is 4.90 Å². The number of benzene rings is 1. The third-order valence-electron chi connectivity index (χ3n) is 4.81. The van der Waals surface area contributed by atoms with Gasteiger partial charge in [-0.25, -0.2) is 4.79 Å². The number of anilines is 1. The largest absolute Gasteiger partial charge is 0.497 e. The number of rotatable bonds is 4. The van der Waals surface area contributed by atoms with Crippen molar-refractivity contribution in [2.45, 2.75) is 0 Å². The maximum absolute atomic E-state index is 12.5. The number of urea groups is 1. The molecule has 0 spiro atoms. The molecule has 3 amide bonds. The van der Waals surface area contributed by atoms with Gasteiger partial charge in [0.25, 0.3) is 5.91 Å². The molecule has 2 N–H and O–H groups in total. The number of methoxy groups -OCH3 is 1. The minimum atomic E-state index is -0.0156. The number of quaternary nitrogens is 1. The van der Waals surface area contributed by atoms with Crippen molar-refractivity contribution >= 4 is 17.6 Å². The first kappa shape index (κ1) is 18.5. The van der Waals surface area contributed by atoms with Crippen molar-refractivity contribution in [2.24, 2.45) is 0 Å². The number of amides is 3. The highest BCUT2D eigenvalue weighted by Gasteiger charge is 2.28. The SMILES string of the molecule is COc1ccc(NC(=O)C[NH+]2CCN(C(=O)N3CCOCC3)CC2)cc1. The minimum Gasteiger partial charge on any atom is -0.497 e. The van der Waals surface area contributed by atoms with Gasteiger partial charge in [0.1, 0.15) is 5.75 Å². The molecule has 0 aromatic heterocycles. The third-order valence-corrected chi connectivity index (χ3v) is 4.81. The molecule has 0 unspecified atom stereocenters. The number of carbonyl (C=O) groups excluding carboxylic acids is 2. The predicted molar refractivity (Wildman–Crippen MR) is 96.5 cm³/mol. The van der Waals surface area contributed by atoms with E-state index >= 15 is 0 Å². The highest BCUT2D eigenvalue weighted by molar-refractivity contribution is 5.91. The Balaban J connectivity index is 1.41. The Morgan fingerprint density at radius 1 is 1.08 bits per heavy atom. The summed E-state index contributed by atoms with van der Waals surface area (Å²) in [7, 11) is 1.61. The van der Waals surface area contributed by atoms with Gasteiger partial charge in [0, 0.05) is 18.8 Å². The van der Waals surface area contributed by atoms with Crippen molar-refractivity contribution in [3.05, 3.63) is 24.3 Å². The van der Waals surface area contributed by atoms with Crippen LogP contribution in [0.3, 0.4) is 0 Å². The summed E-state index contributed by atoms with van der Waals surface area (Å²) >= 11 is 0. The first-order valence-electron chi connectivity index (χ1n) is 9.05. The van der Waals surface area contributed by atoms with Crippen molar-refractivity contribution < 1.29 is 24.0 Å². The van der Waals surface area contributed by atoms with Crippen molar-refractivity contribution in [1.29, 1.82) is 0 Å². The van der Waals surface area contributed by atoms with E-state index in [0.29, 0.717) is 45.9 Å².